The fourth-order valence-corrected chi connectivity index (χ4v) is 4.33. The molecule has 1 N–H and O–H groups in total. The van der Waals surface area contributed by atoms with E-state index in [1.165, 1.54) is 35.4 Å². The van der Waals surface area contributed by atoms with E-state index in [-0.39, 0.29) is 17.4 Å². The van der Waals surface area contributed by atoms with Crippen molar-refractivity contribution in [2.75, 3.05) is 13.2 Å². The molecule has 0 fully saturated rings. The maximum absolute atomic E-state index is 12.9. The lowest BCUT2D eigenvalue weighted by molar-refractivity contribution is 0.143. The largest absolute Gasteiger partial charge is 0.449 e. The molecular formula is C25H22FNO4S. The number of rotatable bonds is 7. The third kappa shape index (κ3) is 4.89. The Kier molecular flexibility index (Phi) is 6.37. The lowest BCUT2D eigenvalue weighted by Gasteiger charge is -2.14. The zero-order chi connectivity index (χ0) is 22.6. The van der Waals surface area contributed by atoms with E-state index in [2.05, 4.69) is 29.6 Å². The van der Waals surface area contributed by atoms with Crippen molar-refractivity contribution in [2.24, 2.45) is 0 Å². The Bertz CT molecular complexity index is 1210. The van der Waals surface area contributed by atoms with Crippen molar-refractivity contribution in [3.05, 3.63) is 95.6 Å². The van der Waals surface area contributed by atoms with Crippen molar-refractivity contribution in [1.29, 1.82) is 0 Å². The predicted octanol–water partition coefficient (Wildman–Crippen LogP) is 5.29. The molecule has 0 spiro atoms. The molecule has 0 atom stereocenters. The Morgan fingerprint density at radius 3 is 2.12 bits per heavy atom. The SMILES string of the molecule is O=C(NCCC=Cc1ccc(S(=O)(=O)F)cc1)OCC1c2ccccc2-c2ccccc21. The van der Waals surface area contributed by atoms with Crippen LogP contribution < -0.4 is 5.32 Å². The number of halogens is 1. The van der Waals surface area contributed by atoms with Crippen LogP contribution >= 0.6 is 0 Å². The molecule has 3 aromatic carbocycles. The summed E-state index contributed by atoms with van der Waals surface area (Å²) in [7, 11) is -4.69. The average Bonchev–Trinajstić information content (AvgIpc) is 3.11. The van der Waals surface area contributed by atoms with Crippen LogP contribution in [-0.4, -0.2) is 27.7 Å². The van der Waals surface area contributed by atoms with Crippen LogP contribution in [0.15, 0.2) is 83.8 Å². The molecule has 0 radical (unpaired) electrons. The van der Waals surface area contributed by atoms with Crippen molar-refractivity contribution >= 4 is 22.4 Å². The summed E-state index contributed by atoms with van der Waals surface area (Å²) in [5.41, 5.74) is 5.42. The van der Waals surface area contributed by atoms with Crippen LogP contribution in [0.3, 0.4) is 0 Å². The van der Waals surface area contributed by atoms with Gasteiger partial charge in [0.2, 0.25) is 0 Å². The number of alkyl carbamates (subject to hydrolysis) is 1. The van der Waals surface area contributed by atoms with Crippen LogP contribution in [0.1, 0.15) is 29.0 Å². The molecule has 0 bridgehead atoms. The first kappa shape index (κ1) is 21.8. The molecule has 0 aromatic heterocycles. The summed E-state index contributed by atoms with van der Waals surface area (Å²) < 4.78 is 40.0. The predicted molar refractivity (Wildman–Crippen MR) is 121 cm³/mol. The summed E-state index contributed by atoms with van der Waals surface area (Å²) in [6.07, 6.45) is 3.70. The molecule has 32 heavy (non-hydrogen) atoms. The minimum absolute atomic E-state index is 0.0177. The lowest BCUT2D eigenvalue weighted by Crippen LogP contribution is -2.26. The van der Waals surface area contributed by atoms with Gasteiger partial charge in [-0.05, 0) is 46.4 Å². The van der Waals surface area contributed by atoms with E-state index in [1.54, 1.807) is 6.08 Å². The van der Waals surface area contributed by atoms with Gasteiger partial charge in [-0.2, -0.15) is 8.42 Å². The molecule has 0 unspecified atom stereocenters. The summed E-state index contributed by atoms with van der Waals surface area (Å²) in [5.74, 6) is 0.0177. The normalized spacial score (nSPS) is 13.0. The number of ether oxygens (including phenoxy) is 1. The van der Waals surface area contributed by atoms with Crippen LogP contribution in [0.4, 0.5) is 8.68 Å². The molecule has 0 heterocycles. The van der Waals surface area contributed by atoms with E-state index >= 15 is 0 Å². The molecule has 7 heteroatoms. The summed E-state index contributed by atoms with van der Waals surface area (Å²) in [5, 5.41) is 2.73. The standard InChI is InChI=1S/C25H22FNO4S/c26-32(29,30)19-14-12-18(13-15-19)7-5-6-16-27-25(28)31-17-24-22-10-3-1-8-20(22)21-9-2-4-11-23(21)24/h1-5,7-15,24H,6,16-17H2,(H,27,28). The topological polar surface area (TPSA) is 72.5 Å². The Morgan fingerprint density at radius 2 is 1.53 bits per heavy atom. The molecule has 1 amide bonds. The van der Waals surface area contributed by atoms with E-state index in [9.17, 15) is 17.1 Å². The smallest absolute Gasteiger partial charge is 0.407 e. The van der Waals surface area contributed by atoms with E-state index < -0.39 is 16.3 Å². The first-order chi connectivity index (χ1) is 15.4. The molecule has 5 nitrogen and oxygen atoms in total. The van der Waals surface area contributed by atoms with Gasteiger partial charge in [-0.25, -0.2) is 4.79 Å². The van der Waals surface area contributed by atoms with Gasteiger partial charge in [-0.15, -0.1) is 3.89 Å². The van der Waals surface area contributed by atoms with Gasteiger partial charge < -0.3 is 10.1 Å². The highest BCUT2D eigenvalue weighted by molar-refractivity contribution is 7.86. The van der Waals surface area contributed by atoms with Crippen molar-refractivity contribution in [1.82, 2.24) is 5.32 Å². The second kappa shape index (κ2) is 9.36. The number of nitrogens with one attached hydrogen (secondary N) is 1. The second-order valence-electron chi connectivity index (χ2n) is 7.45. The van der Waals surface area contributed by atoms with Crippen LogP contribution in [0.2, 0.25) is 0 Å². The minimum Gasteiger partial charge on any atom is -0.449 e. The van der Waals surface area contributed by atoms with Crippen molar-refractivity contribution in [2.45, 2.75) is 17.2 Å². The monoisotopic (exact) mass is 451 g/mol. The van der Waals surface area contributed by atoms with Gasteiger partial charge in [0.25, 0.3) is 0 Å². The highest BCUT2D eigenvalue weighted by Gasteiger charge is 2.28. The Morgan fingerprint density at radius 1 is 0.938 bits per heavy atom. The molecule has 3 aromatic rings. The number of benzene rings is 3. The van der Waals surface area contributed by atoms with Crippen LogP contribution in [0, 0.1) is 0 Å². The highest BCUT2D eigenvalue weighted by Crippen LogP contribution is 2.44. The van der Waals surface area contributed by atoms with Gasteiger partial charge in [0.05, 0.1) is 4.90 Å². The van der Waals surface area contributed by atoms with Gasteiger partial charge in [0, 0.05) is 12.5 Å². The summed E-state index contributed by atoms with van der Waals surface area (Å²) in [4.78, 5) is 11.8. The highest BCUT2D eigenvalue weighted by atomic mass is 32.3. The van der Waals surface area contributed by atoms with Crippen molar-refractivity contribution in [3.63, 3.8) is 0 Å². The molecular weight excluding hydrogens is 429 g/mol. The van der Waals surface area contributed by atoms with E-state index in [0.29, 0.717) is 13.0 Å². The van der Waals surface area contributed by atoms with Gasteiger partial charge >= 0.3 is 16.3 Å². The first-order valence-electron chi connectivity index (χ1n) is 10.2. The number of fused-ring (bicyclic) bond motifs is 3. The molecule has 0 saturated heterocycles. The third-order valence-electron chi connectivity index (χ3n) is 5.40. The quantitative estimate of drug-likeness (QED) is 0.392. The second-order valence-corrected chi connectivity index (χ2v) is 8.80. The molecule has 4 rings (SSSR count). The van der Waals surface area contributed by atoms with E-state index in [0.717, 1.165) is 16.7 Å². The van der Waals surface area contributed by atoms with Gasteiger partial charge in [-0.1, -0.05) is 72.8 Å². The summed E-state index contributed by atoms with van der Waals surface area (Å²) in [6, 6.07) is 21.8. The zero-order valence-corrected chi connectivity index (χ0v) is 18.0. The number of carbonyl (C=O) groups excluding carboxylic acids is 1. The molecule has 1 aliphatic rings. The Labute approximate surface area is 186 Å². The summed E-state index contributed by atoms with van der Waals surface area (Å²) >= 11 is 0. The van der Waals surface area contributed by atoms with Crippen molar-refractivity contribution < 1.29 is 21.8 Å². The fourth-order valence-electron chi connectivity index (χ4n) is 3.87. The number of carbonyl (C=O) groups is 1. The zero-order valence-electron chi connectivity index (χ0n) is 17.2. The van der Waals surface area contributed by atoms with Gasteiger partial charge in [-0.3, -0.25) is 0 Å². The fraction of sp³-hybridized carbons (Fsp3) is 0.160. The van der Waals surface area contributed by atoms with Crippen molar-refractivity contribution in [3.8, 4) is 11.1 Å². The maximum atomic E-state index is 12.9. The minimum atomic E-state index is -4.69. The summed E-state index contributed by atoms with van der Waals surface area (Å²) in [6.45, 7) is 0.656. The molecule has 1 aliphatic carbocycles. The van der Waals surface area contributed by atoms with E-state index in [4.69, 9.17) is 4.74 Å². The first-order valence-corrected chi connectivity index (χ1v) is 11.6. The Hall–Kier alpha value is -3.45. The molecule has 0 saturated carbocycles. The number of hydrogen-bond acceptors (Lipinski definition) is 4. The average molecular weight is 452 g/mol. The molecule has 0 aliphatic heterocycles. The van der Waals surface area contributed by atoms with Gasteiger partial charge in [0.1, 0.15) is 6.61 Å². The van der Waals surface area contributed by atoms with Crippen LogP contribution in [0.5, 0.6) is 0 Å². The molecule has 164 valence electrons. The maximum Gasteiger partial charge on any atom is 0.407 e. The number of amides is 1. The van der Waals surface area contributed by atoms with Gasteiger partial charge in [0.15, 0.2) is 0 Å². The van der Waals surface area contributed by atoms with Crippen LogP contribution in [0.25, 0.3) is 17.2 Å². The Balaban J connectivity index is 1.25. The third-order valence-corrected chi connectivity index (χ3v) is 6.23. The van der Waals surface area contributed by atoms with E-state index in [1.807, 2.05) is 30.3 Å². The number of hydrogen-bond donors (Lipinski definition) is 1. The van der Waals surface area contributed by atoms with Crippen LogP contribution in [-0.2, 0) is 15.0 Å². The lowest BCUT2D eigenvalue weighted by atomic mass is 9.98.